The fourth-order valence-electron chi connectivity index (χ4n) is 3.12. The van der Waals surface area contributed by atoms with Crippen molar-refractivity contribution in [2.45, 2.75) is 64.2 Å². The molecule has 0 amide bonds. The predicted molar refractivity (Wildman–Crippen MR) is 103 cm³/mol. The van der Waals surface area contributed by atoms with Gasteiger partial charge in [-0.1, -0.05) is 12.1 Å². The zero-order chi connectivity index (χ0) is 18.6. The Morgan fingerprint density at radius 1 is 1.15 bits per heavy atom. The highest BCUT2D eigenvalue weighted by Crippen LogP contribution is 2.26. The first kappa shape index (κ1) is 18.9. The van der Waals surface area contributed by atoms with E-state index in [0.29, 0.717) is 25.2 Å². The Morgan fingerprint density at radius 2 is 1.92 bits per heavy atom. The predicted octanol–water partition coefficient (Wildman–Crippen LogP) is 3.54. The first-order valence-corrected chi connectivity index (χ1v) is 9.38. The minimum absolute atomic E-state index is 0.166. The Bertz CT molecular complexity index is 722. The third-order valence-electron chi connectivity index (χ3n) is 4.48. The van der Waals surface area contributed by atoms with E-state index in [2.05, 4.69) is 15.3 Å². The molecule has 2 N–H and O–H groups in total. The molecule has 6 nitrogen and oxygen atoms in total. The van der Waals surface area contributed by atoms with Crippen LogP contribution in [0.5, 0.6) is 5.75 Å². The van der Waals surface area contributed by atoms with Gasteiger partial charge in [-0.15, -0.1) is 0 Å². The summed E-state index contributed by atoms with van der Waals surface area (Å²) in [6, 6.07) is 6.16. The van der Waals surface area contributed by atoms with Gasteiger partial charge in [0.25, 0.3) is 0 Å². The number of benzene rings is 1. The van der Waals surface area contributed by atoms with Crippen LogP contribution in [0.15, 0.2) is 24.4 Å². The number of aliphatic hydroxyl groups excluding tert-OH is 1. The molecular weight excluding hydrogens is 330 g/mol. The average molecular weight is 359 g/mol. The molecule has 1 fully saturated rings. The van der Waals surface area contributed by atoms with E-state index in [-0.39, 0.29) is 11.7 Å². The van der Waals surface area contributed by atoms with Gasteiger partial charge < -0.3 is 19.9 Å². The lowest BCUT2D eigenvalue weighted by Crippen LogP contribution is -2.28. The van der Waals surface area contributed by atoms with Gasteiger partial charge in [0.15, 0.2) is 0 Å². The fraction of sp³-hybridized carbons (Fsp3) is 0.600. The Hall–Kier alpha value is -1.92. The van der Waals surface area contributed by atoms with Crippen molar-refractivity contribution in [1.82, 2.24) is 9.97 Å². The van der Waals surface area contributed by atoms with Crippen molar-refractivity contribution in [3.8, 4) is 5.75 Å². The van der Waals surface area contributed by atoms with Gasteiger partial charge in [-0.25, -0.2) is 9.97 Å². The molecule has 1 aromatic heterocycles. The SMILES string of the molecule is CC(C)(C)OCCOc1cccc2cnc(N[C@H]3CC[C@H](O)CC3)nc12. The molecule has 26 heavy (non-hydrogen) atoms. The number of fused-ring (bicyclic) bond motifs is 1. The van der Waals surface area contributed by atoms with E-state index in [1.54, 1.807) is 0 Å². The fourth-order valence-corrected chi connectivity index (χ4v) is 3.12. The summed E-state index contributed by atoms with van der Waals surface area (Å²) in [5, 5.41) is 14.0. The summed E-state index contributed by atoms with van der Waals surface area (Å²) in [4.78, 5) is 9.09. The summed E-state index contributed by atoms with van der Waals surface area (Å²) in [5.41, 5.74) is 0.631. The van der Waals surface area contributed by atoms with E-state index in [0.717, 1.165) is 42.3 Å². The number of nitrogens with zero attached hydrogens (tertiary/aromatic N) is 2. The van der Waals surface area contributed by atoms with Gasteiger partial charge in [0.2, 0.25) is 5.95 Å². The van der Waals surface area contributed by atoms with Crippen molar-refractivity contribution >= 4 is 16.9 Å². The van der Waals surface area contributed by atoms with Crippen LogP contribution in [0.1, 0.15) is 46.5 Å². The van der Waals surface area contributed by atoms with E-state index in [4.69, 9.17) is 9.47 Å². The molecule has 1 heterocycles. The van der Waals surface area contributed by atoms with Gasteiger partial charge in [-0.2, -0.15) is 0 Å². The van der Waals surface area contributed by atoms with Crippen LogP contribution in [0.4, 0.5) is 5.95 Å². The zero-order valence-electron chi connectivity index (χ0n) is 15.9. The second-order valence-corrected chi connectivity index (χ2v) is 7.85. The van der Waals surface area contributed by atoms with Crippen LogP contribution in [0.2, 0.25) is 0 Å². The number of nitrogens with one attached hydrogen (secondary N) is 1. The summed E-state index contributed by atoms with van der Waals surface area (Å²) in [7, 11) is 0. The molecule has 1 saturated carbocycles. The summed E-state index contributed by atoms with van der Waals surface area (Å²) in [6.07, 6.45) is 5.18. The van der Waals surface area contributed by atoms with Crippen LogP contribution in [0.25, 0.3) is 10.9 Å². The second-order valence-electron chi connectivity index (χ2n) is 7.85. The molecule has 2 aromatic rings. The van der Waals surface area contributed by atoms with E-state index in [9.17, 15) is 5.11 Å². The summed E-state index contributed by atoms with van der Waals surface area (Å²) >= 11 is 0. The molecule has 6 heteroatoms. The number of hydrogen-bond donors (Lipinski definition) is 2. The maximum absolute atomic E-state index is 9.64. The quantitative estimate of drug-likeness (QED) is 0.768. The highest BCUT2D eigenvalue weighted by Gasteiger charge is 2.20. The van der Waals surface area contributed by atoms with Crippen LogP contribution >= 0.6 is 0 Å². The number of aliphatic hydroxyl groups is 1. The molecule has 0 unspecified atom stereocenters. The zero-order valence-corrected chi connectivity index (χ0v) is 15.9. The summed E-state index contributed by atoms with van der Waals surface area (Å²) in [6.45, 7) is 7.09. The second kappa shape index (κ2) is 8.18. The van der Waals surface area contributed by atoms with Crippen molar-refractivity contribution in [1.29, 1.82) is 0 Å². The number of ether oxygens (including phenoxy) is 2. The van der Waals surface area contributed by atoms with Crippen LogP contribution in [-0.4, -0.2) is 46.0 Å². The van der Waals surface area contributed by atoms with Crippen LogP contribution < -0.4 is 10.1 Å². The molecule has 0 spiro atoms. The minimum Gasteiger partial charge on any atom is -0.489 e. The van der Waals surface area contributed by atoms with E-state index in [1.807, 2.05) is 45.2 Å². The molecule has 142 valence electrons. The lowest BCUT2D eigenvalue weighted by molar-refractivity contribution is -0.0161. The highest BCUT2D eigenvalue weighted by molar-refractivity contribution is 5.84. The lowest BCUT2D eigenvalue weighted by atomic mass is 9.93. The van der Waals surface area contributed by atoms with Gasteiger partial charge in [-0.3, -0.25) is 0 Å². The lowest BCUT2D eigenvalue weighted by Gasteiger charge is -2.26. The van der Waals surface area contributed by atoms with Crippen molar-refractivity contribution in [3.05, 3.63) is 24.4 Å². The topological polar surface area (TPSA) is 76.5 Å². The Kier molecular flexibility index (Phi) is 5.94. The standard InChI is InChI=1S/C20H29N3O3/c1-20(2,3)26-12-11-25-17-6-4-5-14-13-21-19(23-18(14)17)22-15-7-9-16(24)10-8-15/h4-6,13,15-16,24H,7-12H2,1-3H3,(H,21,22,23)/t15-,16-. The molecule has 1 aromatic carbocycles. The van der Waals surface area contributed by atoms with Crippen LogP contribution in [0.3, 0.4) is 0 Å². The molecular formula is C20H29N3O3. The molecule has 0 aliphatic heterocycles. The first-order chi connectivity index (χ1) is 12.4. The van der Waals surface area contributed by atoms with E-state index >= 15 is 0 Å². The minimum atomic E-state index is -0.172. The molecule has 3 rings (SSSR count). The Morgan fingerprint density at radius 3 is 2.65 bits per heavy atom. The van der Waals surface area contributed by atoms with Gasteiger partial charge in [0, 0.05) is 17.6 Å². The Balaban J connectivity index is 1.67. The number of rotatable bonds is 6. The maximum atomic E-state index is 9.64. The van der Waals surface area contributed by atoms with Crippen molar-refractivity contribution in [2.75, 3.05) is 18.5 Å². The van der Waals surface area contributed by atoms with Gasteiger partial charge in [0.05, 0.1) is 18.3 Å². The molecule has 1 aliphatic carbocycles. The average Bonchev–Trinajstić information content (AvgIpc) is 2.60. The maximum Gasteiger partial charge on any atom is 0.223 e. The third-order valence-corrected chi connectivity index (χ3v) is 4.48. The third kappa shape index (κ3) is 5.29. The number of para-hydroxylation sites is 1. The van der Waals surface area contributed by atoms with Crippen LogP contribution in [0, 0.1) is 0 Å². The van der Waals surface area contributed by atoms with Crippen LogP contribution in [-0.2, 0) is 4.74 Å². The number of anilines is 1. The molecule has 0 atom stereocenters. The summed E-state index contributed by atoms with van der Waals surface area (Å²) < 4.78 is 11.6. The molecule has 1 aliphatic rings. The first-order valence-electron chi connectivity index (χ1n) is 9.38. The van der Waals surface area contributed by atoms with E-state index in [1.165, 1.54) is 0 Å². The number of hydrogen-bond acceptors (Lipinski definition) is 6. The normalized spacial score (nSPS) is 20.9. The molecule has 0 saturated heterocycles. The Labute approximate surface area is 154 Å². The highest BCUT2D eigenvalue weighted by atomic mass is 16.5. The molecule has 0 radical (unpaired) electrons. The number of aromatic nitrogens is 2. The van der Waals surface area contributed by atoms with Crippen molar-refractivity contribution < 1.29 is 14.6 Å². The van der Waals surface area contributed by atoms with Gasteiger partial charge in [-0.05, 0) is 52.5 Å². The largest absolute Gasteiger partial charge is 0.489 e. The summed E-state index contributed by atoms with van der Waals surface area (Å²) in [5.74, 6) is 1.35. The van der Waals surface area contributed by atoms with Gasteiger partial charge in [0.1, 0.15) is 17.9 Å². The molecule has 0 bridgehead atoms. The van der Waals surface area contributed by atoms with Crippen molar-refractivity contribution in [3.63, 3.8) is 0 Å². The van der Waals surface area contributed by atoms with E-state index < -0.39 is 0 Å². The smallest absolute Gasteiger partial charge is 0.223 e. The monoisotopic (exact) mass is 359 g/mol. The van der Waals surface area contributed by atoms with Crippen molar-refractivity contribution in [2.24, 2.45) is 0 Å². The van der Waals surface area contributed by atoms with Gasteiger partial charge >= 0.3 is 0 Å².